The minimum atomic E-state index is -1.04. The Labute approximate surface area is 212 Å². The summed E-state index contributed by atoms with van der Waals surface area (Å²) in [6.07, 6.45) is 0.103. The maximum Gasteiger partial charge on any atom is 0.224 e. The van der Waals surface area contributed by atoms with Gasteiger partial charge in [0.15, 0.2) is 5.58 Å². The Morgan fingerprint density at radius 3 is 2.39 bits per heavy atom. The van der Waals surface area contributed by atoms with Crippen LogP contribution in [-0.2, 0) is 5.41 Å². The Kier molecular flexibility index (Phi) is 7.02. The molecular weight excluding hydrogens is 458 g/mol. The van der Waals surface area contributed by atoms with E-state index in [2.05, 4.69) is 57.2 Å². The highest BCUT2D eigenvalue weighted by Gasteiger charge is 2.41. The first kappa shape index (κ1) is 26.3. The average molecular weight is 498 g/mol. The van der Waals surface area contributed by atoms with E-state index in [9.17, 15) is 15.3 Å². The highest BCUT2D eigenvalue weighted by molar-refractivity contribution is 5.86. The topological polar surface area (TPSA) is 137 Å². The number of nitrogens with one attached hydrogen (secondary N) is 2. The number of pyridine rings is 1. The first-order chi connectivity index (χ1) is 16.8. The van der Waals surface area contributed by atoms with Crippen LogP contribution in [0.15, 0.2) is 22.7 Å². The summed E-state index contributed by atoms with van der Waals surface area (Å²) in [4.78, 5) is 14.0. The number of aliphatic hydroxyl groups is 3. The van der Waals surface area contributed by atoms with Gasteiger partial charge < -0.3 is 30.4 Å². The lowest BCUT2D eigenvalue weighted by atomic mass is 9.91. The predicted octanol–water partition coefficient (Wildman–Crippen LogP) is 3.86. The normalized spacial score (nSPS) is 22.8. The number of aryl methyl sites for hydroxylation is 1. The minimum absolute atomic E-state index is 0.0279. The van der Waals surface area contributed by atoms with Gasteiger partial charge in [-0.25, -0.2) is 4.98 Å². The smallest absolute Gasteiger partial charge is 0.224 e. The van der Waals surface area contributed by atoms with Crippen LogP contribution >= 0.6 is 0 Å². The largest absolute Gasteiger partial charge is 0.454 e. The Balaban J connectivity index is 1.77. The molecule has 4 unspecified atom stereocenters. The highest BCUT2D eigenvalue weighted by Crippen LogP contribution is 2.37. The zero-order chi connectivity index (χ0) is 26.4. The third-order valence-electron chi connectivity index (χ3n) is 6.64. The second-order valence-electron chi connectivity index (χ2n) is 12.1. The van der Waals surface area contributed by atoms with Crippen LogP contribution in [0.2, 0.25) is 0 Å². The number of fused-ring (bicyclic) bond motifs is 1. The van der Waals surface area contributed by atoms with Crippen molar-refractivity contribution >= 4 is 22.7 Å². The van der Waals surface area contributed by atoms with E-state index in [0.717, 1.165) is 11.1 Å². The van der Waals surface area contributed by atoms with E-state index in [-0.39, 0.29) is 17.4 Å². The van der Waals surface area contributed by atoms with Gasteiger partial charge in [-0.15, -0.1) is 0 Å². The molecule has 5 N–H and O–H groups in total. The molecule has 1 aliphatic carbocycles. The van der Waals surface area contributed by atoms with Gasteiger partial charge in [0.1, 0.15) is 17.7 Å². The quantitative estimate of drug-likeness (QED) is 0.344. The molecule has 1 fully saturated rings. The SMILES string of the molecule is Cc1nc(NCC(C)(C)C)nc(NC2CC(CO)C(O)C2O)c1-c1cc2cc(C(C)(C)C)ncc2o1. The van der Waals surface area contributed by atoms with Crippen molar-refractivity contribution < 1.29 is 19.7 Å². The molecule has 0 amide bonds. The average Bonchev–Trinajstić information content (AvgIpc) is 3.31. The fourth-order valence-electron chi connectivity index (χ4n) is 4.50. The molecule has 4 rings (SSSR count). The van der Waals surface area contributed by atoms with Crippen LogP contribution in [0.5, 0.6) is 0 Å². The molecule has 0 saturated heterocycles. The van der Waals surface area contributed by atoms with Gasteiger partial charge in [0.25, 0.3) is 0 Å². The number of aromatic nitrogens is 3. The summed E-state index contributed by atoms with van der Waals surface area (Å²) < 4.78 is 6.20. The number of rotatable bonds is 6. The molecule has 0 aromatic carbocycles. The Hall–Kier alpha value is -2.75. The third-order valence-corrected chi connectivity index (χ3v) is 6.64. The lowest BCUT2D eigenvalue weighted by Gasteiger charge is -2.22. The van der Waals surface area contributed by atoms with E-state index in [0.29, 0.717) is 47.3 Å². The standard InChI is InChI=1S/C27H39N5O4/c1-14-21(18-9-15-10-20(27(5,6)7)28-11-19(15)36-18)24(32-25(30-14)29-13-26(2,3)4)31-17-8-16(12-33)22(34)23(17)35/h9-11,16-17,22-23,33-35H,8,12-13H2,1-7H3,(H2,29,30,31,32). The fourth-order valence-corrected chi connectivity index (χ4v) is 4.50. The maximum atomic E-state index is 10.6. The molecule has 1 saturated carbocycles. The van der Waals surface area contributed by atoms with E-state index in [1.54, 1.807) is 6.20 Å². The molecule has 0 aliphatic heterocycles. The summed E-state index contributed by atoms with van der Waals surface area (Å²) in [6, 6.07) is 3.51. The zero-order valence-corrected chi connectivity index (χ0v) is 22.3. The van der Waals surface area contributed by atoms with Gasteiger partial charge in [-0.05, 0) is 30.9 Å². The van der Waals surface area contributed by atoms with Crippen molar-refractivity contribution in [1.82, 2.24) is 15.0 Å². The highest BCUT2D eigenvalue weighted by atomic mass is 16.3. The van der Waals surface area contributed by atoms with E-state index in [1.807, 2.05) is 19.1 Å². The van der Waals surface area contributed by atoms with Crippen molar-refractivity contribution in [3.8, 4) is 11.3 Å². The van der Waals surface area contributed by atoms with Crippen molar-refractivity contribution in [3.63, 3.8) is 0 Å². The van der Waals surface area contributed by atoms with Gasteiger partial charge in [-0.2, -0.15) is 4.98 Å². The van der Waals surface area contributed by atoms with E-state index in [1.165, 1.54) is 0 Å². The summed E-state index contributed by atoms with van der Waals surface area (Å²) in [5.41, 5.74) is 2.95. The first-order valence-electron chi connectivity index (χ1n) is 12.5. The Morgan fingerprint density at radius 1 is 1.06 bits per heavy atom. The molecule has 3 aromatic heterocycles. The minimum Gasteiger partial charge on any atom is -0.454 e. The molecule has 0 bridgehead atoms. The first-order valence-corrected chi connectivity index (χ1v) is 12.5. The molecule has 3 aromatic rings. The van der Waals surface area contributed by atoms with Gasteiger partial charge in [-0.1, -0.05) is 41.5 Å². The van der Waals surface area contributed by atoms with Crippen LogP contribution in [0, 0.1) is 18.3 Å². The summed E-state index contributed by atoms with van der Waals surface area (Å²) in [5.74, 6) is 1.15. The fraction of sp³-hybridized carbons (Fsp3) is 0.593. The molecule has 36 heavy (non-hydrogen) atoms. The zero-order valence-electron chi connectivity index (χ0n) is 22.3. The van der Waals surface area contributed by atoms with Crippen LogP contribution < -0.4 is 10.6 Å². The lowest BCUT2D eigenvalue weighted by Crippen LogP contribution is -2.35. The van der Waals surface area contributed by atoms with Crippen LogP contribution in [0.3, 0.4) is 0 Å². The summed E-state index contributed by atoms with van der Waals surface area (Å²) in [6.45, 7) is 15.1. The lowest BCUT2D eigenvalue weighted by molar-refractivity contribution is 0.00446. The van der Waals surface area contributed by atoms with Gasteiger partial charge in [0.2, 0.25) is 5.95 Å². The van der Waals surface area contributed by atoms with Crippen molar-refractivity contribution in [2.75, 3.05) is 23.8 Å². The molecule has 0 radical (unpaired) electrons. The molecule has 4 atom stereocenters. The van der Waals surface area contributed by atoms with Crippen molar-refractivity contribution in [3.05, 3.63) is 29.7 Å². The van der Waals surface area contributed by atoms with E-state index >= 15 is 0 Å². The molecule has 0 spiro atoms. The molecule has 196 valence electrons. The number of anilines is 2. The van der Waals surface area contributed by atoms with Gasteiger partial charge >= 0.3 is 0 Å². The Morgan fingerprint density at radius 2 is 1.78 bits per heavy atom. The van der Waals surface area contributed by atoms with Gasteiger partial charge in [0, 0.05) is 35.6 Å². The predicted molar refractivity (Wildman–Crippen MR) is 141 cm³/mol. The van der Waals surface area contributed by atoms with Gasteiger partial charge in [-0.3, -0.25) is 4.98 Å². The monoisotopic (exact) mass is 497 g/mol. The summed E-state index contributed by atoms with van der Waals surface area (Å²) in [5, 5.41) is 38.1. The number of furan rings is 1. The van der Waals surface area contributed by atoms with Crippen molar-refractivity contribution in [2.24, 2.45) is 11.3 Å². The Bertz CT molecular complexity index is 1230. The maximum absolute atomic E-state index is 10.6. The molecule has 9 nitrogen and oxygen atoms in total. The van der Waals surface area contributed by atoms with E-state index < -0.39 is 24.2 Å². The van der Waals surface area contributed by atoms with Crippen LogP contribution in [0.25, 0.3) is 22.3 Å². The van der Waals surface area contributed by atoms with Crippen LogP contribution in [0.1, 0.15) is 59.4 Å². The van der Waals surface area contributed by atoms with Gasteiger partial charge in [0.05, 0.1) is 29.6 Å². The van der Waals surface area contributed by atoms with Crippen LogP contribution in [-0.4, -0.2) is 61.7 Å². The third kappa shape index (κ3) is 5.48. The van der Waals surface area contributed by atoms with Crippen molar-refractivity contribution in [2.45, 2.75) is 78.6 Å². The number of hydrogen-bond acceptors (Lipinski definition) is 9. The number of aliphatic hydroxyl groups excluding tert-OH is 3. The second-order valence-corrected chi connectivity index (χ2v) is 12.1. The molecule has 3 heterocycles. The summed E-state index contributed by atoms with van der Waals surface area (Å²) >= 11 is 0. The molecule has 1 aliphatic rings. The molecule has 9 heteroatoms. The summed E-state index contributed by atoms with van der Waals surface area (Å²) in [7, 11) is 0. The van der Waals surface area contributed by atoms with Crippen molar-refractivity contribution in [1.29, 1.82) is 0 Å². The van der Waals surface area contributed by atoms with Crippen LogP contribution in [0.4, 0.5) is 11.8 Å². The molecular formula is C27H39N5O4. The second kappa shape index (κ2) is 9.61. The number of hydrogen-bond donors (Lipinski definition) is 5. The number of nitrogens with zero attached hydrogens (tertiary/aromatic N) is 3. The van der Waals surface area contributed by atoms with E-state index in [4.69, 9.17) is 14.4 Å².